The second-order valence-electron chi connectivity index (χ2n) is 6.45. The summed E-state index contributed by atoms with van der Waals surface area (Å²) in [5.41, 5.74) is -0.312. The maximum atomic E-state index is 12.0. The molecule has 24 heavy (non-hydrogen) atoms. The Morgan fingerprint density at radius 2 is 2.21 bits per heavy atom. The zero-order valence-corrected chi connectivity index (χ0v) is 14.5. The van der Waals surface area contributed by atoms with Crippen LogP contribution in [-0.2, 0) is 4.74 Å². The molecule has 0 bridgehead atoms. The molecule has 0 spiro atoms. The van der Waals surface area contributed by atoms with Crippen molar-refractivity contribution < 1.29 is 19.4 Å². The molecule has 6 nitrogen and oxygen atoms in total. The van der Waals surface area contributed by atoms with E-state index in [2.05, 4.69) is 10.6 Å². The predicted molar refractivity (Wildman–Crippen MR) is 93.5 cm³/mol. The van der Waals surface area contributed by atoms with E-state index in [1.807, 2.05) is 25.1 Å². The van der Waals surface area contributed by atoms with Gasteiger partial charge in [-0.3, -0.25) is 0 Å². The number of carbonyl (C=O) groups excluding carboxylic acids is 1. The van der Waals surface area contributed by atoms with Gasteiger partial charge in [-0.2, -0.15) is 0 Å². The molecule has 1 aliphatic rings. The van der Waals surface area contributed by atoms with Crippen molar-refractivity contribution in [1.82, 2.24) is 5.32 Å². The minimum atomic E-state index is -0.911. The summed E-state index contributed by atoms with van der Waals surface area (Å²) < 4.78 is 11.5. The van der Waals surface area contributed by atoms with Gasteiger partial charge in [0.25, 0.3) is 0 Å². The Balaban J connectivity index is 1.87. The lowest BCUT2D eigenvalue weighted by Gasteiger charge is -2.23. The fourth-order valence-electron chi connectivity index (χ4n) is 2.38. The first-order chi connectivity index (χ1) is 11.5. The molecule has 2 atom stereocenters. The van der Waals surface area contributed by atoms with Crippen LogP contribution in [0.1, 0.15) is 39.5 Å². The largest absolute Gasteiger partial charge is 0.489 e. The average molecular weight is 336 g/mol. The maximum Gasteiger partial charge on any atom is 0.319 e. The number of hydrogen-bond acceptors (Lipinski definition) is 4. The molecule has 0 aliphatic carbocycles. The van der Waals surface area contributed by atoms with Crippen LogP contribution in [0.15, 0.2) is 24.3 Å². The first-order valence-electron chi connectivity index (χ1n) is 8.61. The van der Waals surface area contributed by atoms with Crippen LogP contribution < -0.4 is 15.4 Å². The average Bonchev–Trinajstić information content (AvgIpc) is 2.60. The zero-order valence-electron chi connectivity index (χ0n) is 14.5. The minimum absolute atomic E-state index is 0.111. The first-order valence-corrected chi connectivity index (χ1v) is 8.61. The standard InChI is InChI=1S/C18H28N2O4/c1-3-18(2,22)13-19-17(21)20-15-9-4-5-10-16(15)24-12-14-8-6-7-11-23-14/h4-5,9-10,14,22H,3,6-8,11-13H2,1-2H3,(H2,19,20,21). The van der Waals surface area contributed by atoms with Crippen LogP contribution in [0.25, 0.3) is 0 Å². The highest BCUT2D eigenvalue weighted by Gasteiger charge is 2.19. The summed E-state index contributed by atoms with van der Waals surface area (Å²) in [5, 5.41) is 15.4. The van der Waals surface area contributed by atoms with Crippen LogP contribution in [0, 0.1) is 0 Å². The number of rotatable bonds is 7. The highest BCUT2D eigenvalue weighted by molar-refractivity contribution is 5.90. The number of aliphatic hydroxyl groups is 1. The molecule has 0 aromatic heterocycles. The molecule has 6 heteroatoms. The quantitative estimate of drug-likeness (QED) is 0.715. The molecule has 0 radical (unpaired) electrons. The highest BCUT2D eigenvalue weighted by atomic mass is 16.5. The topological polar surface area (TPSA) is 79.8 Å². The van der Waals surface area contributed by atoms with E-state index in [9.17, 15) is 9.90 Å². The summed E-state index contributed by atoms with van der Waals surface area (Å²) in [6, 6.07) is 6.94. The van der Waals surface area contributed by atoms with Crippen molar-refractivity contribution in [3.8, 4) is 5.75 Å². The molecule has 1 saturated heterocycles. The molecule has 1 aromatic rings. The number of benzene rings is 1. The number of carbonyl (C=O) groups is 1. The van der Waals surface area contributed by atoms with Gasteiger partial charge in [-0.05, 0) is 44.7 Å². The Morgan fingerprint density at radius 3 is 2.92 bits per heavy atom. The summed E-state index contributed by atoms with van der Waals surface area (Å²) >= 11 is 0. The van der Waals surface area contributed by atoms with Gasteiger partial charge in [-0.25, -0.2) is 4.79 Å². The summed E-state index contributed by atoms with van der Waals surface area (Å²) in [6.07, 6.45) is 3.95. The Kier molecular flexibility index (Phi) is 6.87. The molecular weight excluding hydrogens is 308 g/mol. The number of ether oxygens (including phenoxy) is 2. The highest BCUT2D eigenvalue weighted by Crippen LogP contribution is 2.25. The SMILES string of the molecule is CCC(C)(O)CNC(=O)Nc1ccccc1OCC1CCCCO1. The van der Waals surface area contributed by atoms with Crippen molar-refractivity contribution in [2.45, 2.75) is 51.2 Å². The van der Waals surface area contributed by atoms with E-state index in [1.54, 1.807) is 13.0 Å². The fourth-order valence-corrected chi connectivity index (χ4v) is 2.38. The molecule has 1 heterocycles. The fraction of sp³-hybridized carbons (Fsp3) is 0.611. The lowest BCUT2D eigenvalue weighted by atomic mass is 10.0. The van der Waals surface area contributed by atoms with E-state index in [4.69, 9.17) is 9.47 Å². The van der Waals surface area contributed by atoms with Crippen LogP contribution in [0.5, 0.6) is 5.75 Å². The lowest BCUT2D eigenvalue weighted by Crippen LogP contribution is -2.41. The Morgan fingerprint density at radius 1 is 1.42 bits per heavy atom. The monoisotopic (exact) mass is 336 g/mol. The van der Waals surface area contributed by atoms with Crippen molar-refractivity contribution in [3.63, 3.8) is 0 Å². The Labute approximate surface area is 143 Å². The summed E-state index contributed by atoms with van der Waals surface area (Å²) in [6.45, 7) is 5.01. The van der Waals surface area contributed by atoms with Gasteiger partial charge >= 0.3 is 6.03 Å². The molecular formula is C18H28N2O4. The second kappa shape index (κ2) is 8.89. The van der Waals surface area contributed by atoms with Crippen LogP contribution in [0.2, 0.25) is 0 Å². The smallest absolute Gasteiger partial charge is 0.319 e. The van der Waals surface area contributed by atoms with Gasteiger partial charge in [0.05, 0.1) is 17.4 Å². The number of anilines is 1. The lowest BCUT2D eigenvalue weighted by molar-refractivity contribution is -0.0109. The molecule has 1 aliphatic heterocycles. The third kappa shape index (κ3) is 6.02. The van der Waals surface area contributed by atoms with Crippen LogP contribution in [0.4, 0.5) is 10.5 Å². The van der Waals surface area contributed by atoms with Gasteiger partial charge in [0.15, 0.2) is 0 Å². The molecule has 134 valence electrons. The Bertz CT molecular complexity index is 528. The first kappa shape index (κ1) is 18.5. The molecule has 2 rings (SSSR count). The Hall–Kier alpha value is -1.79. The molecule has 3 N–H and O–H groups in total. The number of amides is 2. The normalized spacial score (nSPS) is 20.0. The second-order valence-corrected chi connectivity index (χ2v) is 6.45. The van der Waals surface area contributed by atoms with E-state index in [1.165, 1.54) is 0 Å². The van der Waals surface area contributed by atoms with Crippen molar-refractivity contribution in [2.24, 2.45) is 0 Å². The van der Waals surface area contributed by atoms with Gasteiger partial charge in [0.2, 0.25) is 0 Å². The van der Waals surface area contributed by atoms with Gasteiger partial charge in [0, 0.05) is 13.2 Å². The molecule has 2 unspecified atom stereocenters. The third-order valence-electron chi connectivity index (χ3n) is 4.23. The van der Waals surface area contributed by atoms with E-state index >= 15 is 0 Å². The van der Waals surface area contributed by atoms with Crippen molar-refractivity contribution >= 4 is 11.7 Å². The minimum Gasteiger partial charge on any atom is -0.489 e. The van der Waals surface area contributed by atoms with Gasteiger partial charge < -0.3 is 25.2 Å². The van der Waals surface area contributed by atoms with E-state index in [0.717, 1.165) is 25.9 Å². The third-order valence-corrected chi connectivity index (χ3v) is 4.23. The molecule has 1 aromatic carbocycles. The van der Waals surface area contributed by atoms with E-state index in [0.29, 0.717) is 24.5 Å². The van der Waals surface area contributed by atoms with Crippen LogP contribution in [-0.4, -0.2) is 42.6 Å². The summed E-state index contributed by atoms with van der Waals surface area (Å²) in [7, 11) is 0. The van der Waals surface area contributed by atoms with Crippen LogP contribution >= 0.6 is 0 Å². The molecule has 2 amide bonds. The van der Waals surface area contributed by atoms with E-state index < -0.39 is 5.60 Å². The molecule has 1 fully saturated rings. The number of para-hydroxylation sites is 2. The number of urea groups is 1. The summed E-state index contributed by atoms with van der Waals surface area (Å²) in [4.78, 5) is 12.0. The zero-order chi connectivity index (χ0) is 17.4. The van der Waals surface area contributed by atoms with Crippen LogP contribution in [0.3, 0.4) is 0 Å². The maximum absolute atomic E-state index is 12.0. The summed E-state index contributed by atoms with van der Waals surface area (Å²) in [5.74, 6) is 0.615. The van der Waals surface area contributed by atoms with Crippen molar-refractivity contribution in [3.05, 3.63) is 24.3 Å². The molecule has 0 saturated carbocycles. The number of hydrogen-bond donors (Lipinski definition) is 3. The van der Waals surface area contributed by atoms with Crippen molar-refractivity contribution in [2.75, 3.05) is 25.1 Å². The van der Waals surface area contributed by atoms with Gasteiger partial charge in [0.1, 0.15) is 12.4 Å². The number of nitrogens with one attached hydrogen (secondary N) is 2. The van der Waals surface area contributed by atoms with Gasteiger partial charge in [-0.15, -0.1) is 0 Å². The van der Waals surface area contributed by atoms with E-state index in [-0.39, 0.29) is 18.7 Å². The van der Waals surface area contributed by atoms with Gasteiger partial charge in [-0.1, -0.05) is 19.1 Å². The predicted octanol–water partition coefficient (Wildman–Crippen LogP) is 2.92. The van der Waals surface area contributed by atoms with Crippen molar-refractivity contribution in [1.29, 1.82) is 0 Å².